The molecule has 0 aromatic heterocycles. The van der Waals surface area contributed by atoms with Crippen molar-refractivity contribution in [2.45, 2.75) is 12.3 Å². The molecule has 0 heterocycles. The van der Waals surface area contributed by atoms with Gasteiger partial charge in [-0.3, -0.25) is 0 Å². The third kappa shape index (κ3) is 4.09. The highest BCUT2D eigenvalue weighted by Crippen LogP contribution is 2.36. The predicted molar refractivity (Wildman–Crippen MR) is 97.9 cm³/mol. The molecule has 0 bridgehead atoms. The Morgan fingerprint density at radius 1 is 0.808 bits per heavy atom. The molecule has 0 N–H and O–H groups in total. The van der Waals surface area contributed by atoms with Crippen LogP contribution in [0.25, 0.3) is 0 Å². The fourth-order valence-corrected chi connectivity index (χ4v) is 2.66. The minimum absolute atomic E-state index is 0.340. The van der Waals surface area contributed by atoms with Crippen molar-refractivity contribution >= 4 is 5.97 Å². The van der Waals surface area contributed by atoms with Crippen LogP contribution < -0.4 is 4.74 Å². The molecule has 3 aromatic rings. The van der Waals surface area contributed by atoms with Crippen molar-refractivity contribution in [1.82, 2.24) is 0 Å². The molecule has 2 atom stereocenters. The van der Waals surface area contributed by atoms with Crippen LogP contribution in [-0.2, 0) is 4.74 Å². The highest BCUT2D eigenvalue weighted by atomic mass is 19.1. The molecule has 0 radical (unpaired) electrons. The maximum atomic E-state index is 15.2. The van der Waals surface area contributed by atoms with Crippen LogP contribution in [-0.4, -0.2) is 13.1 Å². The molecule has 4 heteroatoms. The van der Waals surface area contributed by atoms with E-state index in [9.17, 15) is 4.79 Å². The number of carbonyl (C=O) groups is 1. The minimum atomic E-state index is -1.47. The van der Waals surface area contributed by atoms with E-state index in [4.69, 9.17) is 9.47 Å². The van der Waals surface area contributed by atoms with Crippen LogP contribution in [0.15, 0.2) is 84.9 Å². The van der Waals surface area contributed by atoms with Crippen molar-refractivity contribution in [1.29, 1.82) is 0 Å². The second kappa shape index (κ2) is 8.30. The summed E-state index contributed by atoms with van der Waals surface area (Å²) in [6, 6.07) is 24.1. The van der Waals surface area contributed by atoms with Gasteiger partial charge in [0.05, 0.1) is 12.7 Å². The summed E-state index contributed by atoms with van der Waals surface area (Å²) in [4.78, 5) is 12.5. The number of benzene rings is 3. The second-order valence-electron chi connectivity index (χ2n) is 5.78. The average Bonchev–Trinajstić information content (AvgIpc) is 2.72. The van der Waals surface area contributed by atoms with Gasteiger partial charge in [0.1, 0.15) is 5.75 Å². The topological polar surface area (TPSA) is 35.5 Å². The van der Waals surface area contributed by atoms with Crippen molar-refractivity contribution in [3.63, 3.8) is 0 Å². The Labute approximate surface area is 152 Å². The van der Waals surface area contributed by atoms with Gasteiger partial charge in [-0.1, -0.05) is 60.7 Å². The van der Waals surface area contributed by atoms with Gasteiger partial charge in [-0.25, -0.2) is 9.18 Å². The molecular weight excluding hydrogens is 331 g/mol. The molecular formula is C22H19FO3. The lowest BCUT2D eigenvalue weighted by Crippen LogP contribution is -2.16. The van der Waals surface area contributed by atoms with Crippen LogP contribution in [0.5, 0.6) is 5.75 Å². The molecule has 0 saturated heterocycles. The lowest BCUT2D eigenvalue weighted by atomic mass is 9.99. The lowest BCUT2D eigenvalue weighted by molar-refractivity contribution is 0.00447. The first-order valence-electron chi connectivity index (χ1n) is 8.28. The first-order chi connectivity index (χ1) is 12.7. The van der Waals surface area contributed by atoms with Gasteiger partial charge >= 0.3 is 5.97 Å². The van der Waals surface area contributed by atoms with Crippen molar-refractivity contribution in [2.75, 3.05) is 7.11 Å². The average molecular weight is 350 g/mol. The van der Waals surface area contributed by atoms with E-state index in [2.05, 4.69) is 0 Å². The molecule has 132 valence electrons. The molecule has 3 rings (SSSR count). The Balaban J connectivity index is 1.87. The highest BCUT2D eigenvalue weighted by molar-refractivity contribution is 5.89. The van der Waals surface area contributed by atoms with Crippen LogP contribution >= 0.6 is 0 Å². The van der Waals surface area contributed by atoms with Gasteiger partial charge in [0.25, 0.3) is 0 Å². The normalized spacial score (nSPS) is 12.8. The Hall–Kier alpha value is -3.14. The first kappa shape index (κ1) is 17.7. The molecule has 3 nitrogen and oxygen atoms in total. The third-order valence-electron chi connectivity index (χ3n) is 4.07. The van der Waals surface area contributed by atoms with Gasteiger partial charge in [0.15, 0.2) is 12.3 Å². The van der Waals surface area contributed by atoms with E-state index in [0.717, 1.165) is 0 Å². The molecule has 2 unspecified atom stereocenters. The van der Waals surface area contributed by atoms with Gasteiger partial charge in [0.2, 0.25) is 0 Å². The summed E-state index contributed by atoms with van der Waals surface area (Å²) in [6.45, 7) is 0. The van der Waals surface area contributed by atoms with Gasteiger partial charge < -0.3 is 9.47 Å². The number of alkyl halides is 1. The highest BCUT2D eigenvalue weighted by Gasteiger charge is 2.28. The fourth-order valence-electron chi connectivity index (χ4n) is 2.66. The van der Waals surface area contributed by atoms with E-state index >= 15 is 4.39 Å². The number of ether oxygens (including phenoxy) is 2. The zero-order chi connectivity index (χ0) is 18.4. The second-order valence-corrected chi connectivity index (χ2v) is 5.78. The van der Waals surface area contributed by atoms with Crippen LogP contribution in [0.2, 0.25) is 0 Å². The largest absolute Gasteiger partial charge is 0.497 e. The third-order valence-corrected chi connectivity index (χ3v) is 4.07. The maximum Gasteiger partial charge on any atom is 0.338 e. The summed E-state index contributed by atoms with van der Waals surface area (Å²) >= 11 is 0. The van der Waals surface area contributed by atoms with E-state index in [1.165, 1.54) is 0 Å². The van der Waals surface area contributed by atoms with Crippen LogP contribution in [0.3, 0.4) is 0 Å². The Morgan fingerprint density at radius 2 is 1.35 bits per heavy atom. The molecule has 0 aliphatic rings. The molecule has 0 aliphatic heterocycles. The summed E-state index contributed by atoms with van der Waals surface area (Å²) in [5, 5.41) is 0. The summed E-state index contributed by atoms with van der Waals surface area (Å²) in [5.41, 5.74) is 1.40. The number of esters is 1. The summed E-state index contributed by atoms with van der Waals surface area (Å²) < 4.78 is 25.8. The minimum Gasteiger partial charge on any atom is -0.497 e. The number of methoxy groups -OCH3 is 1. The maximum absolute atomic E-state index is 15.2. The van der Waals surface area contributed by atoms with E-state index in [1.54, 1.807) is 79.9 Å². The van der Waals surface area contributed by atoms with Crippen molar-refractivity contribution in [3.8, 4) is 5.75 Å². The van der Waals surface area contributed by atoms with Gasteiger partial charge in [-0.15, -0.1) is 0 Å². The molecule has 0 fully saturated rings. The zero-order valence-electron chi connectivity index (χ0n) is 14.3. The molecule has 0 aliphatic carbocycles. The molecule has 0 amide bonds. The van der Waals surface area contributed by atoms with Crippen molar-refractivity contribution < 1.29 is 18.7 Å². The first-order valence-corrected chi connectivity index (χ1v) is 8.28. The van der Waals surface area contributed by atoms with Crippen LogP contribution in [0.4, 0.5) is 4.39 Å². The summed E-state index contributed by atoms with van der Waals surface area (Å²) in [7, 11) is 1.55. The molecule has 0 spiro atoms. The van der Waals surface area contributed by atoms with E-state index in [1.807, 2.05) is 12.1 Å². The van der Waals surface area contributed by atoms with Gasteiger partial charge in [-0.05, 0) is 35.4 Å². The number of hydrogen-bond donors (Lipinski definition) is 0. The molecule has 3 aromatic carbocycles. The standard InChI is InChI=1S/C22H19FO3/c1-25-19-14-12-18(13-15-19)22(24)26-21(17-10-6-3-7-11-17)20(23)16-8-4-2-5-9-16/h2-15,20-21H,1H3. The zero-order valence-corrected chi connectivity index (χ0v) is 14.3. The Bertz CT molecular complexity index is 832. The SMILES string of the molecule is COc1ccc(C(=O)OC(c2ccccc2)C(F)c2ccccc2)cc1. The number of rotatable bonds is 6. The van der Waals surface area contributed by atoms with Crippen molar-refractivity contribution in [2.24, 2.45) is 0 Å². The smallest absolute Gasteiger partial charge is 0.338 e. The molecule has 0 saturated carbocycles. The van der Waals surface area contributed by atoms with Crippen molar-refractivity contribution in [3.05, 3.63) is 102 Å². The number of halogens is 1. The predicted octanol–water partition coefficient (Wildman–Crippen LogP) is 5.30. The summed E-state index contributed by atoms with van der Waals surface area (Å²) in [5.74, 6) is 0.0499. The Kier molecular flexibility index (Phi) is 5.64. The quantitative estimate of drug-likeness (QED) is 0.566. The number of hydrogen-bond acceptors (Lipinski definition) is 3. The monoisotopic (exact) mass is 350 g/mol. The van der Waals surface area contributed by atoms with Crippen LogP contribution in [0, 0.1) is 0 Å². The van der Waals surface area contributed by atoms with Crippen LogP contribution in [0.1, 0.15) is 33.8 Å². The van der Waals surface area contributed by atoms with E-state index in [0.29, 0.717) is 22.4 Å². The fraction of sp³-hybridized carbons (Fsp3) is 0.136. The van der Waals surface area contributed by atoms with E-state index < -0.39 is 18.2 Å². The Morgan fingerprint density at radius 3 is 1.88 bits per heavy atom. The van der Waals surface area contributed by atoms with E-state index in [-0.39, 0.29) is 0 Å². The summed E-state index contributed by atoms with van der Waals surface area (Å²) in [6.07, 6.45) is -2.51. The molecule has 26 heavy (non-hydrogen) atoms. The lowest BCUT2D eigenvalue weighted by Gasteiger charge is -2.22. The van der Waals surface area contributed by atoms with Gasteiger partial charge in [0, 0.05) is 0 Å². The number of carbonyl (C=O) groups excluding carboxylic acids is 1. The van der Waals surface area contributed by atoms with Gasteiger partial charge in [-0.2, -0.15) is 0 Å².